The minimum Gasteiger partial charge on any atom is -0.395 e. The van der Waals surface area contributed by atoms with Crippen LogP contribution < -0.4 is 0 Å². The summed E-state index contributed by atoms with van der Waals surface area (Å²) in [5, 5.41) is 8.93. The molecule has 0 N–H and O–H groups in total. The third kappa shape index (κ3) is 6.07. The molecule has 1 aromatic carbocycles. The van der Waals surface area contributed by atoms with E-state index in [1.54, 1.807) is 0 Å². The summed E-state index contributed by atoms with van der Waals surface area (Å²) in [5.74, 6) is 0. The lowest BCUT2D eigenvalue weighted by Crippen LogP contribution is -2.25. The largest absolute Gasteiger partial charge is 0.395 e. The first-order chi connectivity index (χ1) is 16.4. The van der Waals surface area contributed by atoms with Gasteiger partial charge in [-0.2, -0.15) is 0 Å². The molecule has 0 saturated carbocycles. The second kappa shape index (κ2) is 10.6. The summed E-state index contributed by atoms with van der Waals surface area (Å²) >= 11 is 0. The minimum absolute atomic E-state index is 0.285. The first-order valence-electron chi connectivity index (χ1n) is 11.8. The number of benzene rings is 1. The Morgan fingerprint density at radius 2 is 1.62 bits per heavy atom. The predicted molar refractivity (Wildman–Crippen MR) is 135 cm³/mol. The molecule has 1 aliphatic carbocycles. The van der Waals surface area contributed by atoms with E-state index in [1.165, 1.54) is 5.56 Å². The Bertz CT molecular complexity index is 1190. The van der Waals surface area contributed by atoms with Crippen LogP contribution in [0, 0.1) is 19.3 Å². The maximum atomic E-state index is 5.83. The lowest BCUT2D eigenvalue weighted by atomic mass is 9.94. The lowest BCUT2D eigenvalue weighted by molar-refractivity contribution is -0.0000659. The second-order valence-corrected chi connectivity index (χ2v) is 9.53. The summed E-state index contributed by atoms with van der Waals surface area (Å²) in [7, 11) is 0. The van der Waals surface area contributed by atoms with Gasteiger partial charge in [0.15, 0.2) is 0 Å². The number of fused-ring (bicyclic) bond motifs is 1. The molecule has 0 saturated heterocycles. The maximum Gasteiger partial charge on any atom is 0.135 e. The molecule has 4 rings (SSSR count). The molecule has 0 atom stereocenters. The average molecular weight is 457 g/mol. The Balaban J connectivity index is 1.42. The van der Waals surface area contributed by atoms with Gasteiger partial charge in [-0.25, -0.2) is 0 Å². The fourth-order valence-electron chi connectivity index (χ4n) is 3.81. The van der Waals surface area contributed by atoms with Crippen LogP contribution in [0.1, 0.15) is 60.6 Å². The minimum atomic E-state index is -0.285. The van der Waals surface area contributed by atoms with Gasteiger partial charge in [-0.15, -0.1) is 0 Å². The number of aromatic nitrogens is 2. The van der Waals surface area contributed by atoms with Crippen LogP contribution in [-0.4, -0.2) is 34.6 Å². The average Bonchev–Trinajstić information content (AvgIpc) is 2.82. The van der Waals surface area contributed by atoms with Crippen LogP contribution in [0.2, 0.25) is 0 Å². The highest BCUT2D eigenvalue weighted by Crippen LogP contribution is 2.22. The zero-order valence-electron chi connectivity index (χ0n) is 20.4. The van der Waals surface area contributed by atoms with E-state index < -0.39 is 0 Å². The van der Waals surface area contributed by atoms with Gasteiger partial charge in [0.2, 0.25) is 0 Å². The molecule has 6 heteroatoms. The van der Waals surface area contributed by atoms with E-state index >= 15 is 0 Å². The molecule has 6 nitrogen and oxygen atoms in total. The summed E-state index contributed by atoms with van der Waals surface area (Å²) in [4.78, 5) is 20.9. The standard InChI is InChI=1S/C28H32N4O2/c1-20-10-8-14-24(29-20)27(22-11-6-5-7-12-22)32-34-19-28(3,4)18-33-31-25-15-9-13-23-17-16-21(2)30-26(23)25/h5-8,10-12,14,16-17H,9,13,15,18-19H2,1-4H3. The summed E-state index contributed by atoms with van der Waals surface area (Å²) in [6.07, 6.45) is 2.99. The Labute approximate surface area is 201 Å². The molecule has 0 unspecified atom stereocenters. The molecular weight excluding hydrogens is 424 g/mol. The van der Waals surface area contributed by atoms with Gasteiger partial charge < -0.3 is 9.68 Å². The molecule has 3 aromatic rings. The molecule has 1 aliphatic rings. The predicted octanol–water partition coefficient (Wildman–Crippen LogP) is 5.65. The third-order valence-electron chi connectivity index (χ3n) is 5.67. The van der Waals surface area contributed by atoms with Crippen molar-refractivity contribution in [3.8, 4) is 0 Å². The summed E-state index contributed by atoms with van der Waals surface area (Å²) in [5.41, 5.74) is 7.24. The van der Waals surface area contributed by atoms with E-state index in [2.05, 4.69) is 46.3 Å². The van der Waals surface area contributed by atoms with Gasteiger partial charge in [0.05, 0.1) is 11.4 Å². The Morgan fingerprint density at radius 3 is 2.41 bits per heavy atom. The fraction of sp³-hybridized carbons (Fsp3) is 0.357. The van der Waals surface area contributed by atoms with Crippen molar-refractivity contribution in [1.82, 2.24) is 9.97 Å². The van der Waals surface area contributed by atoms with Crippen LogP contribution in [0.5, 0.6) is 0 Å². The van der Waals surface area contributed by atoms with Gasteiger partial charge in [0.1, 0.15) is 24.6 Å². The molecule has 0 amide bonds. The number of oxime groups is 2. The van der Waals surface area contributed by atoms with E-state index in [-0.39, 0.29) is 5.41 Å². The van der Waals surface area contributed by atoms with Crippen molar-refractivity contribution < 1.29 is 9.68 Å². The van der Waals surface area contributed by atoms with Crippen molar-refractivity contribution in [2.75, 3.05) is 13.2 Å². The van der Waals surface area contributed by atoms with Gasteiger partial charge in [-0.1, -0.05) is 66.6 Å². The van der Waals surface area contributed by atoms with Crippen molar-refractivity contribution in [3.63, 3.8) is 0 Å². The number of hydrogen-bond donors (Lipinski definition) is 0. The van der Waals surface area contributed by atoms with Crippen molar-refractivity contribution in [1.29, 1.82) is 0 Å². The number of nitrogens with zero attached hydrogens (tertiary/aromatic N) is 4. The summed E-state index contributed by atoms with van der Waals surface area (Å²) in [6, 6.07) is 20.1. The molecule has 176 valence electrons. The Morgan fingerprint density at radius 1 is 0.853 bits per heavy atom. The molecule has 0 spiro atoms. The van der Waals surface area contributed by atoms with E-state index in [4.69, 9.17) is 9.68 Å². The smallest absolute Gasteiger partial charge is 0.135 e. The third-order valence-corrected chi connectivity index (χ3v) is 5.67. The van der Waals surface area contributed by atoms with Crippen LogP contribution in [0.25, 0.3) is 0 Å². The van der Waals surface area contributed by atoms with E-state index in [1.807, 2.05) is 62.4 Å². The highest BCUT2D eigenvalue weighted by atomic mass is 16.6. The normalized spacial score (nSPS) is 15.2. The molecule has 0 radical (unpaired) electrons. The topological polar surface area (TPSA) is 69.0 Å². The van der Waals surface area contributed by atoms with E-state index in [0.29, 0.717) is 18.9 Å². The van der Waals surface area contributed by atoms with Crippen LogP contribution >= 0.6 is 0 Å². The molecule has 0 fully saturated rings. The van der Waals surface area contributed by atoms with Crippen molar-refractivity contribution >= 4 is 11.4 Å². The SMILES string of the molecule is Cc1cccc(C(=NOCC(C)(C)CON=C2CCCc3ccc(C)nc32)c2ccccc2)n1. The number of pyridine rings is 2. The molecule has 34 heavy (non-hydrogen) atoms. The van der Waals surface area contributed by atoms with Crippen LogP contribution in [0.4, 0.5) is 0 Å². The second-order valence-electron chi connectivity index (χ2n) is 9.53. The zero-order valence-corrected chi connectivity index (χ0v) is 20.4. The fourth-order valence-corrected chi connectivity index (χ4v) is 3.81. The molecular formula is C28H32N4O2. The van der Waals surface area contributed by atoms with Gasteiger partial charge in [-0.05, 0) is 56.9 Å². The van der Waals surface area contributed by atoms with Gasteiger partial charge in [-0.3, -0.25) is 9.97 Å². The van der Waals surface area contributed by atoms with Gasteiger partial charge in [0.25, 0.3) is 0 Å². The van der Waals surface area contributed by atoms with Crippen LogP contribution in [0.3, 0.4) is 0 Å². The highest BCUT2D eigenvalue weighted by Gasteiger charge is 2.22. The summed E-state index contributed by atoms with van der Waals surface area (Å²) in [6.45, 7) is 8.92. The zero-order chi connectivity index (χ0) is 24.0. The van der Waals surface area contributed by atoms with Gasteiger partial charge >= 0.3 is 0 Å². The van der Waals surface area contributed by atoms with Crippen LogP contribution in [0.15, 0.2) is 71.0 Å². The van der Waals surface area contributed by atoms with Crippen molar-refractivity contribution in [2.24, 2.45) is 15.7 Å². The molecule has 0 aliphatic heterocycles. The number of hydrogen-bond acceptors (Lipinski definition) is 6. The molecule has 0 bridgehead atoms. The Hall–Kier alpha value is -3.54. The highest BCUT2D eigenvalue weighted by molar-refractivity contribution is 6.11. The lowest BCUT2D eigenvalue weighted by Gasteiger charge is -2.22. The van der Waals surface area contributed by atoms with Gasteiger partial charge in [0, 0.05) is 22.4 Å². The van der Waals surface area contributed by atoms with Crippen molar-refractivity contribution in [3.05, 3.63) is 94.6 Å². The van der Waals surface area contributed by atoms with E-state index in [9.17, 15) is 0 Å². The van der Waals surface area contributed by atoms with E-state index in [0.717, 1.165) is 53.3 Å². The summed E-state index contributed by atoms with van der Waals surface area (Å²) < 4.78 is 0. The molecule has 2 heterocycles. The van der Waals surface area contributed by atoms with Crippen molar-refractivity contribution in [2.45, 2.75) is 47.0 Å². The number of aryl methyl sites for hydroxylation is 3. The van der Waals surface area contributed by atoms with Crippen LogP contribution in [-0.2, 0) is 16.1 Å². The monoisotopic (exact) mass is 456 g/mol. The Kier molecular flexibility index (Phi) is 7.36. The quantitative estimate of drug-likeness (QED) is 0.325. The number of rotatable bonds is 8. The first kappa shape index (κ1) is 23.6. The maximum absolute atomic E-state index is 5.83. The first-order valence-corrected chi connectivity index (χ1v) is 11.8. The molecule has 2 aromatic heterocycles.